The molecule has 24 heavy (non-hydrogen) atoms. The van der Waals surface area contributed by atoms with Crippen molar-refractivity contribution in [3.8, 4) is 0 Å². The molecule has 1 aromatic rings. The molecule has 0 saturated carbocycles. The van der Waals surface area contributed by atoms with E-state index in [1.165, 1.54) is 5.56 Å². The summed E-state index contributed by atoms with van der Waals surface area (Å²) in [5.74, 6) is 0.965. The normalized spacial score (nSPS) is 26.2. The highest BCUT2D eigenvalue weighted by molar-refractivity contribution is 6.77. The standard InChI is InChI=1S/C20H30O3Si/c1-13(2)24(14(3)4,15(5)6)23-18-12-17-19(22-20(17)21-18)16-10-8-7-9-11-16/h7-15,17,19-20H,1-6H3/t17-,19-,20+/m1/s1. The zero-order valence-electron chi connectivity index (χ0n) is 15.7. The molecule has 0 spiro atoms. The summed E-state index contributed by atoms with van der Waals surface area (Å²) in [6.07, 6.45) is 2.06. The van der Waals surface area contributed by atoms with Gasteiger partial charge in [-0.3, -0.25) is 0 Å². The Labute approximate surface area is 147 Å². The van der Waals surface area contributed by atoms with E-state index in [2.05, 4.69) is 71.9 Å². The van der Waals surface area contributed by atoms with E-state index in [0.29, 0.717) is 22.6 Å². The first kappa shape index (κ1) is 17.6. The molecular formula is C20H30O3Si. The fraction of sp³-hybridized carbons (Fsp3) is 0.600. The third-order valence-corrected chi connectivity index (χ3v) is 11.6. The van der Waals surface area contributed by atoms with Crippen LogP contribution in [-0.4, -0.2) is 14.6 Å². The van der Waals surface area contributed by atoms with E-state index in [1.807, 2.05) is 6.07 Å². The van der Waals surface area contributed by atoms with Crippen LogP contribution in [0.5, 0.6) is 0 Å². The monoisotopic (exact) mass is 346 g/mol. The summed E-state index contributed by atoms with van der Waals surface area (Å²) in [5.41, 5.74) is 2.81. The lowest BCUT2D eigenvalue weighted by atomic mass is 9.91. The van der Waals surface area contributed by atoms with E-state index in [-0.39, 0.29) is 18.3 Å². The fourth-order valence-corrected chi connectivity index (χ4v) is 9.66. The van der Waals surface area contributed by atoms with Crippen LogP contribution in [0.3, 0.4) is 0 Å². The molecule has 0 N–H and O–H groups in total. The first-order valence-electron chi connectivity index (χ1n) is 9.14. The number of ether oxygens (including phenoxy) is 2. The molecule has 0 radical (unpaired) electrons. The maximum atomic E-state index is 6.65. The Balaban J connectivity index is 1.78. The van der Waals surface area contributed by atoms with Crippen molar-refractivity contribution in [1.82, 2.24) is 0 Å². The van der Waals surface area contributed by atoms with Gasteiger partial charge in [0.15, 0.2) is 0 Å². The van der Waals surface area contributed by atoms with Gasteiger partial charge in [-0.15, -0.1) is 0 Å². The van der Waals surface area contributed by atoms with Gasteiger partial charge in [-0.25, -0.2) is 0 Å². The molecule has 0 unspecified atom stereocenters. The van der Waals surface area contributed by atoms with Gasteiger partial charge in [0.1, 0.15) is 0 Å². The van der Waals surface area contributed by atoms with E-state index in [4.69, 9.17) is 13.9 Å². The van der Waals surface area contributed by atoms with Crippen LogP contribution >= 0.6 is 0 Å². The van der Waals surface area contributed by atoms with Crippen LogP contribution in [0.2, 0.25) is 16.6 Å². The lowest BCUT2D eigenvalue weighted by Crippen LogP contribution is -2.47. The van der Waals surface area contributed by atoms with Gasteiger partial charge in [0.05, 0.1) is 12.0 Å². The minimum absolute atomic E-state index is 0.0884. The van der Waals surface area contributed by atoms with Gasteiger partial charge in [0.2, 0.25) is 6.29 Å². The predicted molar refractivity (Wildman–Crippen MR) is 98.8 cm³/mol. The van der Waals surface area contributed by atoms with E-state index in [9.17, 15) is 0 Å². The molecule has 0 bridgehead atoms. The van der Waals surface area contributed by atoms with Crippen LogP contribution in [0.1, 0.15) is 53.2 Å². The largest absolute Gasteiger partial charge is 0.518 e. The van der Waals surface area contributed by atoms with E-state index in [0.717, 1.165) is 0 Å². The molecule has 0 amide bonds. The lowest BCUT2D eigenvalue weighted by molar-refractivity contribution is -0.268. The van der Waals surface area contributed by atoms with Gasteiger partial charge >= 0.3 is 0 Å². The summed E-state index contributed by atoms with van der Waals surface area (Å²) in [6, 6.07) is 10.4. The maximum Gasteiger partial charge on any atom is 0.264 e. The Bertz CT molecular complexity index is 572. The van der Waals surface area contributed by atoms with Crippen molar-refractivity contribution in [3.63, 3.8) is 0 Å². The van der Waals surface area contributed by atoms with Crippen molar-refractivity contribution in [2.75, 3.05) is 0 Å². The van der Waals surface area contributed by atoms with Crippen LogP contribution in [0.15, 0.2) is 42.4 Å². The number of hydrogen-bond acceptors (Lipinski definition) is 3. The Kier molecular flexibility index (Phi) is 4.80. The van der Waals surface area contributed by atoms with E-state index >= 15 is 0 Å². The van der Waals surface area contributed by atoms with Crippen molar-refractivity contribution >= 4 is 8.32 Å². The SMILES string of the molecule is CC(C)[Si](OC1=C[C@H]2[C@@H](O1)O[C@@H]2c1ccccc1)(C(C)C)C(C)C. The van der Waals surface area contributed by atoms with Gasteiger partial charge in [-0.1, -0.05) is 71.9 Å². The second kappa shape index (κ2) is 6.56. The van der Waals surface area contributed by atoms with Gasteiger partial charge in [-0.05, 0) is 22.2 Å². The third kappa shape index (κ3) is 2.80. The average molecular weight is 347 g/mol. The minimum atomic E-state index is -1.97. The molecule has 1 saturated heterocycles. The van der Waals surface area contributed by atoms with Crippen molar-refractivity contribution in [2.24, 2.45) is 5.92 Å². The highest BCUT2D eigenvalue weighted by Crippen LogP contribution is 2.50. The number of fused-ring (bicyclic) bond motifs is 1. The van der Waals surface area contributed by atoms with Crippen molar-refractivity contribution in [3.05, 3.63) is 47.9 Å². The molecule has 0 aliphatic carbocycles. The fourth-order valence-electron chi connectivity index (χ4n) is 4.49. The van der Waals surface area contributed by atoms with Crippen molar-refractivity contribution in [1.29, 1.82) is 0 Å². The van der Waals surface area contributed by atoms with Crippen LogP contribution in [0, 0.1) is 5.92 Å². The molecule has 132 valence electrons. The topological polar surface area (TPSA) is 27.7 Å². The van der Waals surface area contributed by atoms with E-state index < -0.39 is 8.32 Å². The first-order chi connectivity index (χ1) is 11.4. The molecule has 3 atom stereocenters. The number of benzene rings is 1. The Morgan fingerprint density at radius 1 is 0.917 bits per heavy atom. The maximum absolute atomic E-state index is 6.65. The zero-order valence-corrected chi connectivity index (χ0v) is 16.7. The molecule has 1 fully saturated rings. The van der Waals surface area contributed by atoms with Gasteiger partial charge in [0, 0.05) is 6.08 Å². The Morgan fingerprint density at radius 2 is 1.50 bits per heavy atom. The number of rotatable bonds is 6. The summed E-state index contributed by atoms with van der Waals surface area (Å²) < 4.78 is 18.6. The zero-order chi connectivity index (χ0) is 17.5. The Morgan fingerprint density at radius 3 is 2.04 bits per heavy atom. The molecule has 1 aromatic carbocycles. The third-order valence-electron chi connectivity index (χ3n) is 5.62. The van der Waals surface area contributed by atoms with Gasteiger partial charge in [0.25, 0.3) is 14.3 Å². The summed E-state index contributed by atoms with van der Waals surface area (Å²) in [7, 11) is -1.97. The highest BCUT2D eigenvalue weighted by Gasteiger charge is 2.52. The van der Waals surface area contributed by atoms with Crippen LogP contribution in [-0.2, 0) is 13.9 Å². The van der Waals surface area contributed by atoms with Crippen LogP contribution < -0.4 is 0 Å². The summed E-state index contributed by atoms with van der Waals surface area (Å²) in [5, 5.41) is 0. The highest BCUT2D eigenvalue weighted by atomic mass is 28.4. The Hall–Kier alpha value is -1.26. The second-order valence-electron chi connectivity index (χ2n) is 7.94. The van der Waals surface area contributed by atoms with Crippen LogP contribution in [0.25, 0.3) is 0 Å². The summed E-state index contributed by atoms with van der Waals surface area (Å²) >= 11 is 0. The van der Waals surface area contributed by atoms with E-state index in [1.54, 1.807) is 0 Å². The molecule has 4 heteroatoms. The molecule has 3 rings (SSSR count). The summed E-state index contributed by atoms with van der Waals surface area (Å²) in [4.78, 5) is 0. The van der Waals surface area contributed by atoms with Gasteiger partial charge in [-0.2, -0.15) is 0 Å². The predicted octanol–water partition coefficient (Wildman–Crippen LogP) is 5.76. The molecular weight excluding hydrogens is 316 g/mol. The van der Waals surface area contributed by atoms with Crippen LogP contribution in [0.4, 0.5) is 0 Å². The quantitative estimate of drug-likeness (QED) is 0.613. The van der Waals surface area contributed by atoms with Gasteiger partial charge < -0.3 is 13.9 Å². The first-order valence-corrected chi connectivity index (χ1v) is 11.3. The average Bonchev–Trinajstić information content (AvgIpc) is 2.82. The molecule has 0 aromatic heterocycles. The molecule has 2 aliphatic heterocycles. The molecule has 2 heterocycles. The minimum Gasteiger partial charge on any atom is -0.518 e. The smallest absolute Gasteiger partial charge is 0.264 e. The second-order valence-corrected chi connectivity index (χ2v) is 13.3. The van der Waals surface area contributed by atoms with Crippen molar-refractivity contribution in [2.45, 2.75) is 70.6 Å². The summed E-state index contributed by atoms with van der Waals surface area (Å²) in [6.45, 7) is 13.7. The lowest BCUT2D eigenvalue weighted by Gasteiger charge is -2.42. The molecule has 3 nitrogen and oxygen atoms in total. The number of hydrogen-bond donors (Lipinski definition) is 0. The van der Waals surface area contributed by atoms with Crippen molar-refractivity contribution < 1.29 is 13.9 Å². The molecule has 2 aliphatic rings.